The fourth-order valence-electron chi connectivity index (χ4n) is 11.9. The lowest BCUT2D eigenvalue weighted by Gasteiger charge is -2.68. The van der Waals surface area contributed by atoms with Crippen molar-refractivity contribution in [1.82, 2.24) is 5.32 Å². The highest BCUT2D eigenvalue weighted by atomic mass is 16.4. The smallest absolute Gasteiger partial charge is 0.335 e. The second kappa shape index (κ2) is 9.71. The van der Waals surface area contributed by atoms with E-state index in [9.17, 15) is 14.7 Å². The van der Waals surface area contributed by atoms with Gasteiger partial charge in [0.1, 0.15) is 0 Å². The topological polar surface area (TPSA) is 92.4 Å². The van der Waals surface area contributed by atoms with E-state index in [0.717, 1.165) is 25.2 Å². The first kappa shape index (κ1) is 28.0. The van der Waals surface area contributed by atoms with E-state index >= 15 is 0 Å². The number of carbonyl (C=O) groups excluding carboxylic acids is 1. The first-order valence-electron chi connectivity index (χ1n) is 16.0. The minimum absolute atomic E-state index is 0.0319. The molecule has 6 rings (SSSR count). The van der Waals surface area contributed by atoms with Crippen molar-refractivity contribution in [2.75, 3.05) is 13.1 Å². The molecule has 8 atom stereocenters. The van der Waals surface area contributed by atoms with E-state index in [1.54, 1.807) is 12.1 Å². The van der Waals surface area contributed by atoms with Gasteiger partial charge >= 0.3 is 5.97 Å². The maximum atomic E-state index is 13.5. The monoisotopic (exact) mass is 546 g/mol. The number of hydrogen-bond acceptors (Lipinski definition) is 3. The maximum Gasteiger partial charge on any atom is 0.335 e. The van der Waals surface area contributed by atoms with Crippen LogP contribution in [0.1, 0.15) is 108 Å². The van der Waals surface area contributed by atoms with Crippen LogP contribution in [0.15, 0.2) is 30.3 Å². The lowest BCUT2D eigenvalue weighted by Crippen LogP contribution is -2.62. The van der Waals surface area contributed by atoms with Gasteiger partial charge in [-0.3, -0.25) is 4.79 Å². The molecular formula is C35H50N2O3. The molecule has 0 aromatic heterocycles. The first-order valence-corrected chi connectivity index (χ1v) is 16.0. The molecule has 40 heavy (non-hydrogen) atoms. The summed E-state index contributed by atoms with van der Waals surface area (Å²) < 4.78 is 0. The van der Waals surface area contributed by atoms with Crippen LogP contribution in [0.2, 0.25) is 0 Å². The van der Waals surface area contributed by atoms with E-state index in [4.69, 9.17) is 5.73 Å². The Morgan fingerprint density at radius 3 is 2.35 bits per heavy atom. The molecule has 5 nitrogen and oxygen atoms in total. The van der Waals surface area contributed by atoms with Gasteiger partial charge in [-0.05, 0) is 127 Å². The fourth-order valence-corrected chi connectivity index (χ4v) is 11.9. The van der Waals surface area contributed by atoms with Crippen LogP contribution < -0.4 is 11.1 Å². The zero-order chi connectivity index (χ0) is 28.5. The molecule has 0 spiro atoms. The molecule has 5 unspecified atom stereocenters. The van der Waals surface area contributed by atoms with Gasteiger partial charge < -0.3 is 16.2 Å². The van der Waals surface area contributed by atoms with Gasteiger partial charge in [-0.15, -0.1) is 0 Å². The third-order valence-electron chi connectivity index (χ3n) is 13.4. The summed E-state index contributed by atoms with van der Waals surface area (Å²) in [6.07, 6.45) is 14.4. The molecule has 218 valence electrons. The third kappa shape index (κ3) is 3.89. The van der Waals surface area contributed by atoms with Crippen LogP contribution in [0.5, 0.6) is 0 Å². The highest BCUT2D eigenvalue weighted by molar-refractivity contribution is 5.88. The number of hydrogen-bond donors (Lipinski definition) is 3. The van der Waals surface area contributed by atoms with E-state index in [2.05, 4.69) is 39.1 Å². The number of carboxylic acid groups (broad SMARTS) is 1. The molecule has 0 aliphatic heterocycles. The lowest BCUT2D eigenvalue weighted by atomic mass is 9.36. The minimum atomic E-state index is -0.869. The van der Waals surface area contributed by atoms with Crippen LogP contribution in [0, 0.1) is 51.2 Å². The highest BCUT2D eigenvalue weighted by Crippen LogP contribution is 2.73. The van der Waals surface area contributed by atoms with Crippen molar-refractivity contribution in [3.8, 4) is 0 Å². The molecule has 1 aromatic carbocycles. The second-order valence-corrected chi connectivity index (χ2v) is 15.2. The van der Waals surface area contributed by atoms with Crippen molar-refractivity contribution in [2.24, 2.45) is 57.0 Å². The lowest BCUT2D eigenvalue weighted by molar-refractivity contribution is -0.181. The van der Waals surface area contributed by atoms with Crippen molar-refractivity contribution >= 4 is 17.4 Å². The molecule has 1 aromatic rings. The predicted molar refractivity (Wildman–Crippen MR) is 159 cm³/mol. The van der Waals surface area contributed by atoms with Crippen molar-refractivity contribution in [3.05, 3.63) is 41.5 Å². The summed E-state index contributed by atoms with van der Waals surface area (Å²) in [5.41, 5.74) is 9.13. The fraction of sp³-hybridized carbons (Fsp3) is 0.714. The van der Waals surface area contributed by atoms with Crippen molar-refractivity contribution in [3.63, 3.8) is 0 Å². The SMILES string of the molecule is CC1(C)C(c2ccc(C(=O)O)cc2)=CC[C@@]2(C)C1CC[C@@]1(C)C3CC[C@@]4(C(=O)NCCN)CCCC4C3CCC12. The summed E-state index contributed by atoms with van der Waals surface area (Å²) in [6, 6.07) is 7.53. The largest absolute Gasteiger partial charge is 0.478 e. The van der Waals surface area contributed by atoms with E-state index in [-0.39, 0.29) is 16.2 Å². The van der Waals surface area contributed by atoms with Crippen LogP contribution in [-0.4, -0.2) is 30.1 Å². The Hall–Kier alpha value is -2.14. The first-order chi connectivity index (χ1) is 19.0. The Kier molecular flexibility index (Phi) is 6.80. The van der Waals surface area contributed by atoms with Gasteiger partial charge in [-0.1, -0.05) is 52.3 Å². The number of carbonyl (C=O) groups is 2. The third-order valence-corrected chi connectivity index (χ3v) is 13.4. The van der Waals surface area contributed by atoms with E-state index < -0.39 is 5.97 Å². The maximum absolute atomic E-state index is 13.5. The minimum Gasteiger partial charge on any atom is -0.478 e. The molecule has 4 fully saturated rings. The number of aromatic carboxylic acids is 1. The molecule has 5 aliphatic rings. The van der Waals surface area contributed by atoms with Crippen molar-refractivity contribution in [1.29, 1.82) is 0 Å². The van der Waals surface area contributed by atoms with Gasteiger partial charge in [0.15, 0.2) is 0 Å². The van der Waals surface area contributed by atoms with E-state index in [1.807, 2.05) is 12.1 Å². The summed E-state index contributed by atoms with van der Waals surface area (Å²) in [5, 5.41) is 12.6. The number of benzene rings is 1. The number of nitrogens with two attached hydrogens (primary N) is 1. The normalized spacial score (nSPS) is 41.5. The summed E-state index contributed by atoms with van der Waals surface area (Å²) in [5.74, 6) is 2.67. The van der Waals surface area contributed by atoms with Gasteiger partial charge in [-0.25, -0.2) is 4.79 Å². The van der Waals surface area contributed by atoms with Gasteiger partial charge in [0, 0.05) is 13.1 Å². The van der Waals surface area contributed by atoms with Gasteiger partial charge in [-0.2, -0.15) is 0 Å². The van der Waals surface area contributed by atoms with Crippen LogP contribution >= 0.6 is 0 Å². The van der Waals surface area contributed by atoms with Crippen molar-refractivity contribution in [2.45, 2.75) is 91.9 Å². The van der Waals surface area contributed by atoms with Crippen LogP contribution in [0.25, 0.3) is 5.57 Å². The Morgan fingerprint density at radius 2 is 1.65 bits per heavy atom. The van der Waals surface area contributed by atoms with E-state index in [0.29, 0.717) is 53.6 Å². The number of rotatable bonds is 5. The molecule has 5 aliphatic carbocycles. The highest BCUT2D eigenvalue weighted by Gasteiger charge is 2.66. The Morgan fingerprint density at radius 1 is 0.900 bits per heavy atom. The molecule has 5 heteroatoms. The molecule has 4 N–H and O–H groups in total. The number of amides is 1. The van der Waals surface area contributed by atoms with Crippen LogP contribution in [0.4, 0.5) is 0 Å². The van der Waals surface area contributed by atoms with Gasteiger partial charge in [0.05, 0.1) is 11.0 Å². The molecule has 0 radical (unpaired) electrons. The quantitative estimate of drug-likeness (QED) is 0.374. The number of fused-ring (bicyclic) bond motifs is 7. The second-order valence-electron chi connectivity index (χ2n) is 15.2. The zero-order valence-corrected chi connectivity index (χ0v) is 25.1. The molecular weight excluding hydrogens is 496 g/mol. The molecule has 0 bridgehead atoms. The average molecular weight is 547 g/mol. The van der Waals surface area contributed by atoms with E-state index in [1.165, 1.54) is 56.1 Å². The number of nitrogens with one attached hydrogen (secondary N) is 1. The summed E-state index contributed by atoms with van der Waals surface area (Å²) in [7, 11) is 0. The number of allylic oxidation sites excluding steroid dienone is 2. The Bertz CT molecular complexity index is 1200. The Balaban J connectivity index is 1.28. The average Bonchev–Trinajstić information content (AvgIpc) is 3.37. The van der Waals surface area contributed by atoms with Crippen LogP contribution in [-0.2, 0) is 4.79 Å². The predicted octanol–water partition coefficient (Wildman–Crippen LogP) is 6.92. The van der Waals surface area contributed by atoms with Crippen LogP contribution in [0.3, 0.4) is 0 Å². The standard InChI is InChI=1S/C35H50N2O3/c1-32(2)25(22-7-9-23(10-8-22)30(38)39)13-17-34(4)28(32)15-18-33(3)26-14-19-35(31(40)37-21-20-36)16-5-6-27(35)24(26)11-12-29(33)34/h7-10,13,24,26-29H,5-6,11-12,14-21,36H2,1-4H3,(H,37,40)(H,38,39)/t24?,26?,27?,28?,29?,33-,34-,35-/m0/s1. The summed E-state index contributed by atoms with van der Waals surface area (Å²) >= 11 is 0. The molecule has 0 heterocycles. The Labute approximate surface area is 240 Å². The van der Waals surface area contributed by atoms with Crippen molar-refractivity contribution < 1.29 is 14.7 Å². The number of carboxylic acids is 1. The molecule has 1 amide bonds. The molecule has 4 saturated carbocycles. The molecule has 0 saturated heterocycles. The van der Waals surface area contributed by atoms with Gasteiger partial charge in [0.2, 0.25) is 5.91 Å². The van der Waals surface area contributed by atoms with Gasteiger partial charge in [0.25, 0.3) is 0 Å². The summed E-state index contributed by atoms with van der Waals surface area (Å²) in [6.45, 7) is 11.2. The summed E-state index contributed by atoms with van der Waals surface area (Å²) in [4.78, 5) is 24.9. The zero-order valence-electron chi connectivity index (χ0n) is 25.1.